The zero-order valence-corrected chi connectivity index (χ0v) is 20.1. The van der Waals surface area contributed by atoms with E-state index in [4.69, 9.17) is 14.3 Å². The molecule has 7 heteroatoms. The van der Waals surface area contributed by atoms with E-state index in [0.29, 0.717) is 13.2 Å². The number of aromatic nitrogens is 1. The van der Waals surface area contributed by atoms with Crippen molar-refractivity contribution in [1.29, 1.82) is 0 Å². The average molecular weight is 500 g/mol. The summed E-state index contributed by atoms with van der Waals surface area (Å²) in [5.41, 5.74) is 3.24. The number of halogens is 1. The molecule has 2 rings (SSSR count). The van der Waals surface area contributed by atoms with Crippen LogP contribution in [0, 0.1) is 20.8 Å². The van der Waals surface area contributed by atoms with Gasteiger partial charge in [-0.25, -0.2) is 0 Å². The molecule has 6 nitrogen and oxygen atoms in total. The molecular weight excluding hydrogens is 467 g/mol. The molecule has 0 amide bonds. The molecule has 0 aliphatic rings. The molecule has 0 fully saturated rings. The SMILES string of the molecule is CCNC(=NCC(C)c1c(C)noc1C)N(C)CCOc1ccccc1C.I. The Bertz CT molecular complexity index is 741. The third kappa shape index (κ3) is 6.68. The lowest BCUT2D eigenvalue weighted by Gasteiger charge is -2.23. The van der Waals surface area contributed by atoms with Crippen molar-refractivity contribution in [3.05, 3.63) is 46.8 Å². The van der Waals surface area contributed by atoms with Crippen LogP contribution in [0.1, 0.15) is 42.3 Å². The number of aryl methyl sites for hydroxylation is 3. The smallest absolute Gasteiger partial charge is 0.193 e. The molecule has 1 N–H and O–H groups in total. The fourth-order valence-corrected chi connectivity index (χ4v) is 3.09. The van der Waals surface area contributed by atoms with Crippen LogP contribution < -0.4 is 10.1 Å². The second kappa shape index (κ2) is 11.9. The number of hydrogen-bond donors (Lipinski definition) is 1. The van der Waals surface area contributed by atoms with Crippen LogP contribution >= 0.6 is 24.0 Å². The van der Waals surface area contributed by atoms with Crippen LogP contribution in [0.3, 0.4) is 0 Å². The summed E-state index contributed by atoms with van der Waals surface area (Å²) in [6.07, 6.45) is 0. The van der Waals surface area contributed by atoms with Crippen molar-refractivity contribution >= 4 is 29.9 Å². The van der Waals surface area contributed by atoms with Crippen molar-refractivity contribution in [3.63, 3.8) is 0 Å². The molecule has 0 saturated heterocycles. The highest BCUT2D eigenvalue weighted by molar-refractivity contribution is 14.0. The maximum Gasteiger partial charge on any atom is 0.193 e. The van der Waals surface area contributed by atoms with Crippen molar-refractivity contribution < 1.29 is 9.26 Å². The first kappa shape index (κ1) is 24.3. The molecule has 2 aromatic rings. The van der Waals surface area contributed by atoms with E-state index in [1.54, 1.807) is 0 Å². The Morgan fingerprint density at radius 2 is 2.00 bits per heavy atom. The number of rotatable bonds is 8. The molecular formula is C21H33IN4O2. The maximum absolute atomic E-state index is 5.91. The Morgan fingerprint density at radius 3 is 2.61 bits per heavy atom. The van der Waals surface area contributed by atoms with E-state index in [1.807, 2.05) is 39.1 Å². The first-order valence-electron chi connectivity index (χ1n) is 9.54. The molecule has 28 heavy (non-hydrogen) atoms. The van der Waals surface area contributed by atoms with Gasteiger partial charge >= 0.3 is 0 Å². The summed E-state index contributed by atoms with van der Waals surface area (Å²) in [6.45, 7) is 13.1. The third-order valence-electron chi connectivity index (χ3n) is 4.57. The lowest BCUT2D eigenvalue weighted by molar-refractivity contribution is 0.280. The highest BCUT2D eigenvalue weighted by atomic mass is 127. The number of para-hydroxylation sites is 1. The van der Waals surface area contributed by atoms with E-state index in [2.05, 4.69) is 42.2 Å². The van der Waals surface area contributed by atoms with Gasteiger partial charge in [-0.1, -0.05) is 30.3 Å². The van der Waals surface area contributed by atoms with Crippen molar-refractivity contribution in [1.82, 2.24) is 15.4 Å². The van der Waals surface area contributed by atoms with Gasteiger partial charge in [0.1, 0.15) is 18.1 Å². The minimum absolute atomic E-state index is 0. The van der Waals surface area contributed by atoms with Crippen molar-refractivity contribution in [2.75, 3.05) is 33.3 Å². The summed E-state index contributed by atoms with van der Waals surface area (Å²) in [4.78, 5) is 6.90. The summed E-state index contributed by atoms with van der Waals surface area (Å²) >= 11 is 0. The van der Waals surface area contributed by atoms with Crippen molar-refractivity contribution in [2.24, 2.45) is 4.99 Å². The molecule has 1 heterocycles. The van der Waals surface area contributed by atoms with Crippen LogP contribution in [0.5, 0.6) is 5.75 Å². The van der Waals surface area contributed by atoms with Crippen LogP contribution in [0.2, 0.25) is 0 Å². The van der Waals surface area contributed by atoms with Crippen LogP contribution in [0.15, 0.2) is 33.8 Å². The average Bonchev–Trinajstić information content (AvgIpc) is 2.98. The third-order valence-corrected chi connectivity index (χ3v) is 4.57. The number of hydrogen-bond acceptors (Lipinski definition) is 4. The van der Waals surface area contributed by atoms with Crippen LogP contribution in [-0.4, -0.2) is 49.3 Å². The standard InChI is InChI=1S/C21H32N4O2.HI/c1-7-22-21(23-14-16(3)20-17(4)24-27-18(20)5)25(6)12-13-26-19-11-9-8-10-15(19)2;/h8-11,16H,7,12-14H2,1-6H3,(H,22,23);1H. The number of likely N-dealkylation sites (N-methyl/N-ethyl adjacent to an activating group) is 1. The zero-order valence-electron chi connectivity index (χ0n) is 17.8. The number of ether oxygens (including phenoxy) is 1. The van der Waals surface area contributed by atoms with Crippen LogP contribution in [-0.2, 0) is 0 Å². The van der Waals surface area contributed by atoms with Gasteiger partial charge in [-0.3, -0.25) is 4.99 Å². The number of aliphatic imine (C=N–C) groups is 1. The highest BCUT2D eigenvalue weighted by Gasteiger charge is 2.16. The van der Waals surface area contributed by atoms with Gasteiger partial charge in [0.2, 0.25) is 0 Å². The second-order valence-electron chi connectivity index (χ2n) is 6.87. The Balaban J connectivity index is 0.00000392. The Morgan fingerprint density at radius 1 is 1.29 bits per heavy atom. The van der Waals surface area contributed by atoms with Crippen LogP contribution in [0.25, 0.3) is 0 Å². The molecule has 0 aliphatic heterocycles. The molecule has 0 spiro atoms. The molecule has 1 aromatic carbocycles. The van der Waals surface area contributed by atoms with Gasteiger partial charge in [0.15, 0.2) is 5.96 Å². The summed E-state index contributed by atoms with van der Waals surface area (Å²) in [7, 11) is 2.03. The predicted octanol–water partition coefficient (Wildman–Crippen LogP) is 4.30. The molecule has 0 radical (unpaired) electrons. The first-order chi connectivity index (χ1) is 12.9. The fraction of sp³-hybridized carbons (Fsp3) is 0.524. The minimum atomic E-state index is 0. The summed E-state index contributed by atoms with van der Waals surface area (Å²) in [5, 5.41) is 7.40. The molecule has 1 aromatic heterocycles. The van der Waals surface area contributed by atoms with Gasteiger partial charge in [-0.15, -0.1) is 24.0 Å². The molecule has 0 saturated carbocycles. The molecule has 0 aliphatic carbocycles. The van der Waals surface area contributed by atoms with Crippen molar-refractivity contribution in [3.8, 4) is 5.75 Å². The topological polar surface area (TPSA) is 62.9 Å². The molecule has 1 atom stereocenters. The largest absolute Gasteiger partial charge is 0.491 e. The summed E-state index contributed by atoms with van der Waals surface area (Å²) in [5.74, 6) is 2.94. The summed E-state index contributed by atoms with van der Waals surface area (Å²) in [6, 6.07) is 8.07. The molecule has 0 bridgehead atoms. The summed E-state index contributed by atoms with van der Waals surface area (Å²) < 4.78 is 11.2. The van der Waals surface area contributed by atoms with E-state index in [-0.39, 0.29) is 29.9 Å². The van der Waals surface area contributed by atoms with Crippen LogP contribution in [0.4, 0.5) is 0 Å². The number of benzene rings is 1. The van der Waals surface area contributed by atoms with E-state index in [9.17, 15) is 0 Å². The lowest BCUT2D eigenvalue weighted by Crippen LogP contribution is -2.41. The number of nitrogens with one attached hydrogen (secondary N) is 1. The number of guanidine groups is 1. The second-order valence-corrected chi connectivity index (χ2v) is 6.87. The lowest BCUT2D eigenvalue weighted by atomic mass is 10.00. The monoisotopic (exact) mass is 500 g/mol. The van der Waals surface area contributed by atoms with Crippen molar-refractivity contribution in [2.45, 2.75) is 40.5 Å². The Hall–Kier alpha value is -1.77. The van der Waals surface area contributed by atoms with Gasteiger partial charge in [0.25, 0.3) is 0 Å². The Labute approximate surface area is 185 Å². The van der Waals surface area contributed by atoms with Gasteiger partial charge in [-0.2, -0.15) is 0 Å². The van der Waals surface area contributed by atoms with Gasteiger partial charge in [0.05, 0.1) is 12.2 Å². The zero-order chi connectivity index (χ0) is 19.8. The Kier molecular flexibility index (Phi) is 10.3. The van der Waals surface area contributed by atoms with Gasteiger partial charge < -0.3 is 19.5 Å². The number of nitrogens with zero attached hydrogens (tertiary/aromatic N) is 3. The quantitative estimate of drug-likeness (QED) is 0.333. The van der Waals surface area contributed by atoms with E-state index < -0.39 is 0 Å². The first-order valence-corrected chi connectivity index (χ1v) is 9.54. The predicted molar refractivity (Wildman–Crippen MR) is 125 cm³/mol. The van der Waals surface area contributed by atoms with Gasteiger partial charge in [-0.05, 0) is 39.3 Å². The van der Waals surface area contributed by atoms with E-state index in [0.717, 1.165) is 47.4 Å². The minimum Gasteiger partial charge on any atom is -0.491 e. The fourth-order valence-electron chi connectivity index (χ4n) is 3.09. The molecule has 156 valence electrons. The van der Waals surface area contributed by atoms with Gasteiger partial charge in [0, 0.05) is 31.6 Å². The maximum atomic E-state index is 5.91. The normalized spacial score (nSPS) is 12.3. The molecule has 1 unspecified atom stereocenters. The van der Waals surface area contributed by atoms with E-state index in [1.165, 1.54) is 0 Å². The highest BCUT2D eigenvalue weighted by Crippen LogP contribution is 2.23. The van der Waals surface area contributed by atoms with E-state index >= 15 is 0 Å².